The second-order valence-electron chi connectivity index (χ2n) is 6.75. The second kappa shape index (κ2) is 7.51. The van der Waals surface area contributed by atoms with Crippen molar-refractivity contribution in [3.63, 3.8) is 0 Å². The van der Waals surface area contributed by atoms with Gasteiger partial charge < -0.3 is 10.3 Å². The normalized spacial score (nSPS) is 11.4. The molecule has 0 bridgehead atoms. The third-order valence-electron chi connectivity index (χ3n) is 4.55. The zero-order valence-electron chi connectivity index (χ0n) is 15.7. The van der Waals surface area contributed by atoms with Crippen molar-refractivity contribution in [2.24, 2.45) is 0 Å². The van der Waals surface area contributed by atoms with Crippen LogP contribution in [0.1, 0.15) is 28.4 Å². The molecule has 0 radical (unpaired) electrons. The number of aromatic nitrogens is 5. The SMILES string of the molecule is Cc1ccc2cc(CCNC(=O)CCc3nn4c(C)nnc4s3)c(=O)[nH]c2c1. The highest BCUT2D eigenvalue weighted by Crippen LogP contribution is 2.15. The molecule has 28 heavy (non-hydrogen) atoms. The van der Waals surface area contributed by atoms with Crippen LogP contribution >= 0.6 is 11.3 Å². The molecular formula is C19H20N6O2S. The van der Waals surface area contributed by atoms with E-state index in [2.05, 4.69) is 25.6 Å². The summed E-state index contributed by atoms with van der Waals surface area (Å²) < 4.78 is 1.69. The number of nitrogens with zero attached hydrogens (tertiary/aromatic N) is 4. The number of carbonyl (C=O) groups is 1. The van der Waals surface area contributed by atoms with Crippen molar-refractivity contribution >= 4 is 33.1 Å². The van der Waals surface area contributed by atoms with Crippen molar-refractivity contribution in [3.8, 4) is 0 Å². The second-order valence-corrected chi connectivity index (χ2v) is 7.79. The fraction of sp³-hybridized carbons (Fsp3) is 0.316. The molecule has 8 nitrogen and oxygen atoms in total. The van der Waals surface area contributed by atoms with Gasteiger partial charge in [0.2, 0.25) is 10.9 Å². The van der Waals surface area contributed by atoms with Gasteiger partial charge in [-0.05, 0) is 43.4 Å². The van der Waals surface area contributed by atoms with Gasteiger partial charge >= 0.3 is 0 Å². The summed E-state index contributed by atoms with van der Waals surface area (Å²) in [5.41, 5.74) is 2.49. The quantitative estimate of drug-likeness (QED) is 0.518. The summed E-state index contributed by atoms with van der Waals surface area (Å²) in [5.74, 6) is 0.674. The maximum Gasteiger partial charge on any atom is 0.251 e. The molecule has 144 valence electrons. The molecule has 0 aliphatic carbocycles. The molecule has 0 atom stereocenters. The molecule has 0 aliphatic rings. The van der Waals surface area contributed by atoms with E-state index in [1.807, 2.05) is 38.1 Å². The van der Waals surface area contributed by atoms with Crippen LogP contribution in [-0.4, -0.2) is 37.2 Å². The van der Waals surface area contributed by atoms with Gasteiger partial charge in [0.05, 0.1) is 0 Å². The third-order valence-corrected chi connectivity index (χ3v) is 5.51. The van der Waals surface area contributed by atoms with Crippen LogP contribution in [0.4, 0.5) is 0 Å². The van der Waals surface area contributed by atoms with Crippen LogP contribution in [0.15, 0.2) is 29.1 Å². The molecule has 1 amide bonds. The Labute approximate surface area is 164 Å². The molecule has 3 aromatic heterocycles. The lowest BCUT2D eigenvalue weighted by atomic mass is 10.1. The van der Waals surface area contributed by atoms with Crippen LogP contribution in [0.25, 0.3) is 15.9 Å². The highest BCUT2D eigenvalue weighted by molar-refractivity contribution is 7.16. The van der Waals surface area contributed by atoms with Gasteiger partial charge in [0.25, 0.3) is 5.56 Å². The zero-order valence-corrected chi connectivity index (χ0v) is 16.5. The van der Waals surface area contributed by atoms with E-state index < -0.39 is 0 Å². The van der Waals surface area contributed by atoms with Gasteiger partial charge in [-0.15, -0.1) is 10.2 Å². The summed E-state index contributed by atoms with van der Waals surface area (Å²) in [4.78, 5) is 28.0. The molecule has 0 aliphatic heterocycles. The number of hydrogen-bond acceptors (Lipinski definition) is 6. The average molecular weight is 396 g/mol. The predicted octanol–water partition coefficient (Wildman–Crippen LogP) is 1.94. The highest BCUT2D eigenvalue weighted by Gasteiger charge is 2.11. The first-order valence-corrected chi connectivity index (χ1v) is 9.88. The van der Waals surface area contributed by atoms with Gasteiger partial charge in [-0.3, -0.25) is 9.59 Å². The van der Waals surface area contributed by atoms with Crippen LogP contribution in [0.2, 0.25) is 0 Å². The molecule has 1 aromatic carbocycles. The van der Waals surface area contributed by atoms with Crippen LogP contribution in [0.5, 0.6) is 0 Å². The molecule has 4 rings (SSSR count). The van der Waals surface area contributed by atoms with Gasteiger partial charge in [-0.1, -0.05) is 23.5 Å². The first-order valence-electron chi connectivity index (χ1n) is 9.06. The molecule has 0 unspecified atom stereocenters. The van der Waals surface area contributed by atoms with Crippen molar-refractivity contribution in [1.82, 2.24) is 30.1 Å². The number of amides is 1. The summed E-state index contributed by atoms with van der Waals surface area (Å²) in [6.07, 6.45) is 1.38. The summed E-state index contributed by atoms with van der Waals surface area (Å²) in [7, 11) is 0. The molecular weight excluding hydrogens is 376 g/mol. The predicted molar refractivity (Wildman–Crippen MR) is 108 cm³/mol. The molecule has 2 N–H and O–H groups in total. The lowest BCUT2D eigenvalue weighted by Gasteiger charge is -2.06. The largest absolute Gasteiger partial charge is 0.356 e. The van der Waals surface area contributed by atoms with E-state index >= 15 is 0 Å². The fourth-order valence-electron chi connectivity index (χ4n) is 3.05. The number of H-pyrrole nitrogens is 1. The summed E-state index contributed by atoms with van der Waals surface area (Å²) in [6.45, 7) is 4.25. The summed E-state index contributed by atoms with van der Waals surface area (Å²) in [6, 6.07) is 7.85. The molecule has 0 spiro atoms. The summed E-state index contributed by atoms with van der Waals surface area (Å²) in [5, 5.41) is 17.1. The van der Waals surface area contributed by atoms with Gasteiger partial charge in [0, 0.05) is 30.5 Å². The van der Waals surface area contributed by atoms with E-state index in [1.165, 1.54) is 11.3 Å². The Morgan fingerprint density at radius 2 is 2.07 bits per heavy atom. The number of aryl methyl sites for hydroxylation is 3. The Hall–Kier alpha value is -3.07. The van der Waals surface area contributed by atoms with Gasteiger partial charge in [0.15, 0.2) is 5.82 Å². The van der Waals surface area contributed by atoms with Gasteiger partial charge in [-0.2, -0.15) is 9.61 Å². The maximum absolute atomic E-state index is 12.2. The Morgan fingerprint density at radius 1 is 1.21 bits per heavy atom. The minimum absolute atomic E-state index is 0.0597. The van der Waals surface area contributed by atoms with Gasteiger partial charge in [-0.25, -0.2) is 0 Å². The fourth-order valence-corrected chi connectivity index (χ4v) is 3.93. The van der Waals surface area contributed by atoms with E-state index in [1.54, 1.807) is 4.52 Å². The first kappa shape index (κ1) is 18.3. The lowest BCUT2D eigenvalue weighted by molar-refractivity contribution is -0.121. The highest BCUT2D eigenvalue weighted by atomic mass is 32.1. The molecule has 3 heterocycles. The van der Waals surface area contributed by atoms with Crippen LogP contribution in [-0.2, 0) is 17.6 Å². The zero-order chi connectivity index (χ0) is 19.7. The van der Waals surface area contributed by atoms with Crippen molar-refractivity contribution in [2.75, 3.05) is 6.54 Å². The average Bonchev–Trinajstić information content (AvgIpc) is 3.22. The van der Waals surface area contributed by atoms with Crippen molar-refractivity contribution < 1.29 is 4.79 Å². The van der Waals surface area contributed by atoms with E-state index in [-0.39, 0.29) is 11.5 Å². The lowest BCUT2D eigenvalue weighted by Crippen LogP contribution is -2.27. The number of hydrogen-bond donors (Lipinski definition) is 2. The maximum atomic E-state index is 12.2. The molecule has 0 saturated carbocycles. The van der Waals surface area contributed by atoms with Crippen molar-refractivity contribution in [3.05, 3.63) is 56.6 Å². The number of rotatable bonds is 6. The molecule has 0 saturated heterocycles. The van der Waals surface area contributed by atoms with Gasteiger partial charge in [0.1, 0.15) is 5.01 Å². The molecule has 4 aromatic rings. The Bertz CT molecular complexity index is 1220. The number of fused-ring (bicyclic) bond motifs is 2. The molecule has 9 heteroatoms. The van der Waals surface area contributed by atoms with E-state index in [0.717, 1.165) is 32.3 Å². The van der Waals surface area contributed by atoms with E-state index in [9.17, 15) is 9.59 Å². The monoisotopic (exact) mass is 396 g/mol. The third kappa shape index (κ3) is 3.79. The van der Waals surface area contributed by atoms with Crippen molar-refractivity contribution in [2.45, 2.75) is 33.1 Å². The van der Waals surface area contributed by atoms with Crippen molar-refractivity contribution in [1.29, 1.82) is 0 Å². The smallest absolute Gasteiger partial charge is 0.251 e. The number of carbonyl (C=O) groups excluding carboxylic acids is 1. The number of nitrogens with one attached hydrogen (secondary N) is 2. The van der Waals surface area contributed by atoms with E-state index in [0.29, 0.717) is 31.4 Å². The topological polar surface area (TPSA) is 105 Å². The standard InChI is InChI=1S/C19H20N6O2S/c1-11-3-4-13-10-14(18(27)21-15(13)9-11)7-8-20-16(26)5-6-17-24-25-12(2)22-23-19(25)28-17/h3-4,9-10H,5-8H2,1-2H3,(H,20,26)(H,21,27). The first-order chi connectivity index (χ1) is 13.5. The minimum Gasteiger partial charge on any atom is -0.356 e. The van der Waals surface area contributed by atoms with Crippen LogP contribution < -0.4 is 10.9 Å². The van der Waals surface area contributed by atoms with Crippen LogP contribution in [0, 0.1) is 13.8 Å². The Kier molecular flexibility index (Phi) is 4.91. The van der Waals surface area contributed by atoms with E-state index in [4.69, 9.17) is 0 Å². The molecule has 0 fully saturated rings. The number of benzene rings is 1. The summed E-state index contributed by atoms with van der Waals surface area (Å²) >= 11 is 1.44. The number of aromatic amines is 1. The minimum atomic E-state index is -0.109. The Balaban J connectivity index is 1.31. The number of pyridine rings is 1. The Morgan fingerprint density at radius 3 is 2.89 bits per heavy atom. The van der Waals surface area contributed by atoms with Crippen LogP contribution in [0.3, 0.4) is 0 Å².